The van der Waals surface area contributed by atoms with Crippen LogP contribution in [0.4, 0.5) is 17.6 Å². The van der Waals surface area contributed by atoms with E-state index in [1.54, 1.807) is 41.9 Å². The molecule has 0 radical (unpaired) electrons. The summed E-state index contributed by atoms with van der Waals surface area (Å²) in [6.07, 6.45) is -2.08. The van der Waals surface area contributed by atoms with Gasteiger partial charge in [0.05, 0.1) is 22.2 Å². The molecule has 0 aliphatic heterocycles. The average molecular weight is 551 g/mol. The molecule has 11 heteroatoms. The van der Waals surface area contributed by atoms with Gasteiger partial charge in [-0.15, -0.1) is 10.2 Å². The summed E-state index contributed by atoms with van der Waals surface area (Å²) in [6, 6.07) is 13.6. The van der Waals surface area contributed by atoms with E-state index < -0.39 is 28.6 Å². The summed E-state index contributed by atoms with van der Waals surface area (Å²) in [4.78, 5) is 17.7. The highest BCUT2D eigenvalue weighted by atomic mass is 19.4. The molecule has 7 nitrogen and oxygen atoms in total. The molecule has 0 spiro atoms. The van der Waals surface area contributed by atoms with E-state index in [2.05, 4.69) is 20.5 Å². The number of nitrogens with zero attached hydrogens (tertiary/aromatic N) is 5. The molecular formula is C29H26F4N6O. The van der Waals surface area contributed by atoms with Gasteiger partial charge in [-0.05, 0) is 65.6 Å². The Morgan fingerprint density at radius 1 is 1.00 bits per heavy atom. The Balaban J connectivity index is 1.63. The van der Waals surface area contributed by atoms with Gasteiger partial charge >= 0.3 is 6.18 Å². The molecule has 0 bridgehead atoms. The molecule has 2 heterocycles. The lowest BCUT2D eigenvalue weighted by atomic mass is 9.98. The number of fused-ring (bicyclic) bond motifs is 1. The summed E-state index contributed by atoms with van der Waals surface area (Å²) in [5.41, 5.74) is 0.516. The quantitative estimate of drug-likeness (QED) is 0.261. The van der Waals surface area contributed by atoms with Crippen molar-refractivity contribution < 1.29 is 17.6 Å². The minimum atomic E-state index is -4.68. The van der Waals surface area contributed by atoms with Crippen LogP contribution in [0, 0.1) is 11.7 Å². The Labute approximate surface area is 227 Å². The van der Waals surface area contributed by atoms with Crippen molar-refractivity contribution in [3.63, 3.8) is 0 Å². The smallest absolute Gasteiger partial charge is 0.317 e. The first-order valence-corrected chi connectivity index (χ1v) is 12.6. The molecule has 0 unspecified atom stereocenters. The molecule has 1 N–H and O–H groups in total. The van der Waals surface area contributed by atoms with Gasteiger partial charge in [0.15, 0.2) is 5.82 Å². The first-order valence-electron chi connectivity index (χ1n) is 12.6. The molecular weight excluding hydrogens is 524 g/mol. The van der Waals surface area contributed by atoms with Crippen molar-refractivity contribution in [1.29, 1.82) is 0 Å². The molecule has 0 saturated heterocycles. The Bertz CT molecular complexity index is 1760. The molecule has 0 atom stereocenters. The summed E-state index contributed by atoms with van der Waals surface area (Å²) >= 11 is 0. The van der Waals surface area contributed by atoms with Crippen LogP contribution >= 0.6 is 0 Å². The highest BCUT2D eigenvalue weighted by Gasteiger charge is 2.34. The Morgan fingerprint density at radius 2 is 1.80 bits per heavy atom. The predicted molar refractivity (Wildman–Crippen MR) is 144 cm³/mol. The second kappa shape index (κ2) is 10.6. The number of nitrogens with one attached hydrogen (secondary N) is 1. The minimum Gasteiger partial charge on any atom is -0.317 e. The molecule has 0 amide bonds. The van der Waals surface area contributed by atoms with Gasteiger partial charge in [-0.2, -0.15) is 13.2 Å². The topological polar surface area (TPSA) is 77.6 Å². The van der Waals surface area contributed by atoms with Crippen LogP contribution in [0.25, 0.3) is 39.1 Å². The van der Waals surface area contributed by atoms with E-state index in [0.717, 1.165) is 12.4 Å². The molecule has 0 aliphatic rings. The van der Waals surface area contributed by atoms with Crippen LogP contribution in [-0.4, -0.2) is 30.9 Å². The molecule has 0 aliphatic carbocycles. The van der Waals surface area contributed by atoms with E-state index in [9.17, 15) is 22.4 Å². The number of benzene rings is 3. The fraction of sp³-hybridized carbons (Fsp3) is 0.241. The predicted octanol–water partition coefficient (Wildman–Crippen LogP) is 5.75. The van der Waals surface area contributed by atoms with E-state index in [-0.39, 0.29) is 11.9 Å². The van der Waals surface area contributed by atoms with Gasteiger partial charge in [-0.1, -0.05) is 32.0 Å². The maximum atomic E-state index is 14.2. The summed E-state index contributed by atoms with van der Waals surface area (Å²) in [7, 11) is 1.74. The summed E-state index contributed by atoms with van der Waals surface area (Å²) in [5.74, 6) is 0.304. The van der Waals surface area contributed by atoms with Gasteiger partial charge in [0, 0.05) is 19.2 Å². The summed E-state index contributed by atoms with van der Waals surface area (Å²) in [6.45, 7) is 4.78. The number of aryl methyl sites for hydroxylation is 1. The third-order valence-corrected chi connectivity index (χ3v) is 6.48. The van der Waals surface area contributed by atoms with E-state index in [1.165, 1.54) is 29.1 Å². The van der Waals surface area contributed by atoms with Crippen molar-refractivity contribution >= 4 is 10.9 Å². The van der Waals surface area contributed by atoms with Crippen LogP contribution in [-0.2, 0) is 19.8 Å². The lowest BCUT2D eigenvalue weighted by molar-refractivity contribution is -0.136. The van der Waals surface area contributed by atoms with E-state index >= 15 is 0 Å². The molecule has 5 aromatic rings. The van der Waals surface area contributed by atoms with Crippen molar-refractivity contribution in [3.05, 3.63) is 94.5 Å². The first-order chi connectivity index (χ1) is 19.0. The van der Waals surface area contributed by atoms with Crippen molar-refractivity contribution in [2.24, 2.45) is 13.0 Å². The zero-order valence-corrected chi connectivity index (χ0v) is 22.0. The highest BCUT2D eigenvalue weighted by molar-refractivity contribution is 5.84. The number of hydrogen-bond donors (Lipinski definition) is 1. The Hall–Kier alpha value is -4.38. The molecule has 0 fully saturated rings. The molecule has 0 saturated carbocycles. The van der Waals surface area contributed by atoms with Gasteiger partial charge in [-0.3, -0.25) is 9.36 Å². The third-order valence-electron chi connectivity index (χ3n) is 6.48. The minimum absolute atomic E-state index is 0.134. The van der Waals surface area contributed by atoms with Gasteiger partial charge in [-0.25, -0.2) is 9.37 Å². The lowest BCUT2D eigenvalue weighted by Crippen LogP contribution is -2.22. The standard InChI is InChI=1S/C29H26F4N6O/c1-17(2)13-34-14-18-9-24-26(25(10-18)29(31,32)33)35-15-39(28(24)40)21-6-4-5-19(11-21)22-8-7-20(30)12-23(22)27-37-36-16-38(27)3/h4-12,15-17,34H,13-14H2,1-3H3. The van der Waals surface area contributed by atoms with Crippen LogP contribution in [0.2, 0.25) is 0 Å². The highest BCUT2D eigenvalue weighted by Crippen LogP contribution is 2.35. The third kappa shape index (κ3) is 5.37. The van der Waals surface area contributed by atoms with Crippen molar-refractivity contribution in [2.45, 2.75) is 26.6 Å². The van der Waals surface area contributed by atoms with Crippen LogP contribution < -0.4 is 10.9 Å². The maximum absolute atomic E-state index is 14.2. The number of rotatable bonds is 7. The van der Waals surface area contributed by atoms with Crippen LogP contribution in [0.3, 0.4) is 0 Å². The largest absolute Gasteiger partial charge is 0.418 e. The number of aromatic nitrogens is 5. The van der Waals surface area contributed by atoms with E-state index in [4.69, 9.17) is 0 Å². The zero-order chi connectivity index (χ0) is 28.6. The SMILES string of the molecule is CC(C)CNCc1cc(C(F)(F)F)c2ncn(-c3cccc(-c4ccc(F)cc4-c4nncn4C)c3)c(=O)c2c1. The second-order valence-corrected chi connectivity index (χ2v) is 9.99. The van der Waals surface area contributed by atoms with Crippen LogP contribution in [0.5, 0.6) is 0 Å². The maximum Gasteiger partial charge on any atom is 0.418 e. The Kier molecular flexibility index (Phi) is 7.24. The van der Waals surface area contributed by atoms with E-state index in [1.807, 2.05) is 13.8 Å². The molecule has 2 aromatic heterocycles. The molecule has 40 heavy (non-hydrogen) atoms. The lowest BCUT2D eigenvalue weighted by Gasteiger charge is -2.15. The van der Waals surface area contributed by atoms with E-state index in [0.29, 0.717) is 46.2 Å². The zero-order valence-electron chi connectivity index (χ0n) is 22.0. The fourth-order valence-electron chi connectivity index (χ4n) is 4.60. The average Bonchev–Trinajstić information content (AvgIpc) is 3.33. The van der Waals surface area contributed by atoms with Gasteiger partial charge in [0.2, 0.25) is 0 Å². The molecule has 206 valence electrons. The Morgan fingerprint density at radius 3 is 2.50 bits per heavy atom. The molecule has 3 aromatic carbocycles. The summed E-state index contributed by atoms with van der Waals surface area (Å²) in [5, 5.41) is 11.0. The fourth-order valence-corrected chi connectivity index (χ4v) is 4.60. The number of halogens is 4. The molecule has 5 rings (SSSR count). The van der Waals surface area contributed by atoms with Crippen molar-refractivity contribution in [1.82, 2.24) is 29.6 Å². The van der Waals surface area contributed by atoms with Crippen LogP contribution in [0.1, 0.15) is 25.0 Å². The summed E-state index contributed by atoms with van der Waals surface area (Å²) < 4.78 is 58.9. The normalized spacial score (nSPS) is 12.0. The van der Waals surface area contributed by atoms with Crippen molar-refractivity contribution in [3.8, 4) is 28.2 Å². The van der Waals surface area contributed by atoms with Gasteiger partial charge in [0.25, 0.3) is 5.56 Å². The number of alkyl halides is 3. The van der Waals surface area contributed by atoms with Crippen molar-refractivity contribution in [2.75, 3.05) is 6.54 Å². The second-order valence-electron chi connectivity index (χ2n) is 9.99. The van der Waals surface area contributed by atoms with Gasteiger partial charge < -0.3 is 9.88 Å². The van der Waals surface area contributed by atoms with Gasteiger partial charge in [0.1, 0.15) is 18.5 Å². The van der Waals surface area contributed by atoms with Crippen LogP contribution in [0.15, 0.2) is 72.0 Å². The monoisotopic (exact) mass is 550 g/mol. The number of hydrogen-bond acceptors (Lipinski definition) is 5. The first kappa shape index (κ1) is 27.2.